The maximum Gasteiger partial charge on any atom is 0.148 e. The van der Waals surface area contributed by atoms with E-state index < -0.39 is 0 Å². The van der Waals surface area contributed by atoms with Crippen LogP contribution in [0.4, 0.5) is 5.82 Å². The summed E-state index contributed by atoms with van der Waals surface area (Å²) in [5, 5.41) is 11.6. The van der Waals surface area contributed by atoms with Gasteiger partial charge < -0.3 is 10.2 Å². The molecule has 0 amide bonds. The van der Waals surface area contributed by atoms with Gasteiger partial charge in [-0.3, -0.25) is 0 Å². The fraction of sp³-hybridized carbons (Fsp3) is 0.692. The number of piperidine rings is 1. The summed E-state index contributed by atoms with van der Waals surface area (Å²) in [5.41, 5.74) is 0.965. The van der Waals surface area contributed by atoms with Crippen molar-refractivity contribution in [2.24, 2.45) is 5.92 Å². The summed E-state index contributed by atoms with van der Waals surface area (Å²) in [4.78, 5) is 2.52. The standard InChI is InChI=1S/C13H22N4/c1-3-17-8-6-12(7-9-17)10-14-13-5-4-11(2)15-16-13/h4-5,12H,3,6-10H2,1-2H3,(H,14,16). The molecule has 94 valence electrons. The molecule has 1 aliphatic heterocycles. The van der Waals surface area contributed by atoms with Gasteiger partial charge in [0.1, 0.15) is 5.82 Å². The Balaban J connectivity index is 1.74. The molecule has 2 rings (SSSR count). The Morgan fingerprint density at radius 1 is 1.29 bits per heavy atom. The zero-order valence-corrected chi connectivity index (χ0v) is 10.8. The smallest absolute Gasteiger partial charge is 0.148 e. The fourth-order valence-electron chi connectivity index (χ4n) is 2.25. The van der Waals surface area contributed by atoms with Crippen molar-refractivity contribution in [3.05, 3.63) is 17.8 Å². The zero-order chi connectivity index (χ0) is 12.1. The molecule has 0 saturated carbocycles. The number of anilines is 1. The number of aryl methyl sites for hydroxylation is 1. The molecule has 17 heavy (non-hydrogen) atoms. The zero-order valence-electron chi connectivity index (χ0n) is 10.8. The van der Waals surface area contributed by atoms with Gasteiger partial charge in [-0.2, -0.15) is 5.10 Å². The molecule has 1 fully saturated rings. The van der Waals surface area contributed by atoms with Crippen molar-refractivity contribution in [2.75, 3.05) is 31.5 Å². The number of nitrogens with zero attached hydrogens (tertiary/aromatic N) is 3. The Morgan fingerprint density at radius 2 is 2.06 bits per heavy atom. The van der Waals surface area contributed by atoms with Crippen LogP contribution in [0, 0.1) is 12.8 Å². The van der Waals surface area contributed by atoms with Gasteiger partial charge in [-0.15, -0.1) is 5.10 Å². The Kier molecular flexibility index (Phi) is 4.31. The Hall–Kier alpha value is -1.16. The molecule has 2 heterocycles. The Bertz CT molecular complexity index is 328. The van der Waals surface area contributed by atoms with Gasteiger partial charge in [-0.1, -0.05) is 6.92 Å². The predicted molar refractivity (Wildman–Crippen MR) is 70.1 cm³/mol. The van der Waals surface area contributed by atoms with Gasteiger partial charge in [0.25, 0.3) is 0 Å². The minimum Gasteiger partial charge on any atom is -0.368 e. The van der Waals surface area contributed by atoms with Crippen LogP contribution >= 0.6 is 0 Å². The molecule has 0 atom stereocenters. The number of aromatic nitrogens is 2. The lowest BCUT2D eigenvalue weighted by Crippen LogP contribution is -2.35. The maximum atomic E-state index is 4.12. The third-order valence-corrected chi connectivity index (χ3v) is 3.52. The molecule has 1 aliphatic rings. The molecule has 0 spiro atoms. The van der Waals surface area contributed by atoms with Gasteiger partial charge in [0, 0.05) is 6.54 Å². The van der Waals surface area contributed by atoms with Gasteiger partial charge >= 0.3 is 0 Å². The van der Waals surface area contributed by atoms with Gasteiger partial charge in [-0.05, 0) is 57.5 Å². The highest BCUT2D eigenvalue weighted by molar-refractivity contribution is 5.32. The first-order valence-corrected chi connectivity index (χ1v) is 6.54. The first-order chi connectivity index (χ1) is 8.28. The molecule has 0 radical (unpaired) electrons. The predicted octanol–water partition coefficient (Wildman–Crippen LogP) is 1.93. The second-order valence-electron chi connectivity index (χ2n) is 4.82. The summed E-state index contributed by atoms with van der Waals surface area (Å²) in [7, 11) is 0. The van der Waals surface area contributed by atoms with Gasteiger partial charge in [0.2, 0.25) is 0 Å². The lowest BCUT2D eigenvalue weighted by molar-refractivity contribution is 0.198. The van der Waals surface area contributed by atoms with E-state index >= 15 is 0 Å². The second-order valence-corrected chi connectivity index (χ2v) is 4.82. The van der Waals surface area contributed by atoms with E-state index in [2.05, 4.69) is 27.3 Å². The molecular weight excluding hydrogens is 212 g/mol. The van der Waals surface area contributed by atoms with Crippen LogP contribution in [0.25, 0.3) is 0 Å². The van der Waals surface area contributed by atoms with Crippen molar-refractivity contribution < 1.29 is 0 Å². The van der Waals surface area contributed by atoms with Crippen LogP contribution in [-0.2, 0) is 0 Å². The highest BCUT2D eigenvalue weighted by atomic mass is 15.2. The monoisotopic (exact) mass is 234 g/mol. The summed E-state index contributed by atoms with van der Waals surface area (Å²) in [5.74, 6) is 1.68. The third-order valence-electron chi connectivity index (χ3n) is 3.52. The largest absolute Gasteiger partial charge is 0.368 e. The van der Waals surface area contributed by atoms with Crippen molar-refractivity contribution >= 4 is 5.82 Å². The Morgan fingerprint density at radius 3 is 2.65 bits per heavy atom. The van der Waals surface area contributed by atoms with Crippen LogP contribution < -0.4 is 5.32 Å². The second kappa shape index (κ2) is 5.96. The highest BCUT2D eigenvalue weighted by Gasteiger charge is 2.17. The molecular formula is C13H22N4. The fourth-order valence-corrected chi connectivity index (χ4v) is 2.25. The molecule has 0 bridgehead atoms. The molecule has 1 aromatic heterocycles. The third kappa shape index (κ3) is 3.66. The van der Waals surface area contributed by atoms with Crippen LogP contribution in [0.5, 0.6) is 0 Å². The minimum absolute atomic E-state index is 0.779. The van der Waals surface area contributed by atoms with Gasteiger partial charge in [0.15, 0.2) is 0 Å². The topological polar surface area (TPSA) is 41.0 Å². The van der Waals surface area contributed by atoms with Crippen LogP contribution in [0.2, 0.25) is 0 Å². The summed E-state index contributed by atoms with van der Waals surface area (Å²) in [6.45, 7) is 8.88. The number of nitrogens with one attached hydrogen (secondary N) is 1. The Labute approximate surface area is 103 Å². The number of hydrogen-bond acceptors (Lipinski definition) is 4. The van der Waals surface area contributed by atoms with Gasteiger partial charge in [-0.25, -0.2) is 0 Å². The first kappa shape index (κ1) is 12.3. The normalized spacial score (nSPS) is 18.2. The average Bonchev–Trinajstić information content (AvgIpc) is 2.39. The lowest BCUT2D eigenvalue weighted by Gasteiger charge is -2.31. The van der Waals surface area contributed by atoms with E-state index in [1.807, 2.05) is 19.1 Å². The number of rotatable bonds is 4. The van der Waals surface area contributed by atoms with Crippen LogP contribution in [0.15, 0.2) is 12.1 Å². The minimum atomic E-state index is 0.779. The van der Waals surface area contributed by atoms with E-state index in [4.69, 9.17) is 0 Å². The van der Waals surface area contributed by atoms with Crippen molar-refractivity contribution in [3.8, 4) is 0 Å². The van der Waals surface area contributed by atoms with E-state index in [0.29, 0.717) is 0 Å². The molecule has 0 aliphatic carbocycles. The molecule has 4 nitrogen and oxygen atoms in total. The molecule has 1 aromatic rings. The summed E-state index contributed by atoms with van der Waals surface area (Å²) >= 11 is 0. The number of likely N-dealkylation sites (tertiary alicyclic amines) is 1. The molecule has 4 heteroatoms. The summed E-state index contributed by atoms with van der Waals surface area (Å²) in [6, 6.07) is 4.00. The van der Waals surface area contributed by atoms with E-state index in [-0.39, 0.29) is 0 Å². The van der Waals surface area contributed by atoms with Crippen LogP contribution in [-0.4, -0.2) is 41.3 Å². The van der Waals surface area contributed by atoms with Crippen molar-refractivity contribution in [1.29, 1.82) is 0 Å². The van der Waals surface area contributed by atoms with Crippen LogP contribution in [0.3, 0.4) is 0 Å². The average molecular weight is 234 g/mol. The SMILES string of the molecule is CCN1CCC(CNc2ccc(C)nn2)CC1. The molecule has 1 saturated heterocycles. The van der Waals surface area contributed by atoms with Crippen molar-refractivity contribution in [3.63, 3.8) is 0 Å². The summed E-state index contributed by atoms with van der Waals surface area (Å²) < 4.78 is 0. The first-order valence-electron chi connectivity index (χ1n) is 6.54. The van der Waals surface area contributed by atoms with E-state index in [0.717, 1.165) is 24.0 Å². The molecule has 0 aromatic carbocycles. The summed E-state index contributed by atoms with van der Waals surface area (Å²) in [6.07, 6.45) is 2.58. The lowest BCUT2D eigenvalue weighted by atomic mass is 9.97. The van der Waals surface area contributed by atoms with E-state index in [1.54, 1.807) is 0 Å². The van der Waals surface area contributed by atoms with Crippen molar-refractivity contribution in [1.82, 2.24) is 15.1 Å². The quantitative estimate of drug-likeness (QED) is 0.864. The van der Waals surface area contributed by atoms with Crippen molar-refractivity contribution in [2.45, 2.75) is 26.7 Å². The van der Waals surface area contributed by atoms with E-state index in [1.165, 1.54) is 32.5 Å². The van der Waals surface area contributed by atoms with Crippen LogP contribution in [0.1, 0.15) is 25.5 Å². The van der Waals surface area contributed by atoms with Gasteiger partial charge in [0.05, 0.1) is 5.69 Å². The highest BCUT2D eigenvalue weighted by Crippen LogP contribution is 2.17. The molecule has 1 N–H and O–H groups in total. The maximum absolute atomic E-state index is 4.12. The van der Waals surface area contributed by atoms with E-state index in [9.17, 15) is 0 Å². The molecule has 0 unspecified atom stereocenters. The number of hydrogen-bond donors (Lipinski definition) is 1.